The maximum absolute atomic E-state index is 12.4. The van der Waals surface area contributed by atoms with E-state index in [2.05, 4.69) is 20.3 Å². The topological polar surface area (TPSA) is 93.8 Å². The minimum absolute atomic E-state index is 0.117. The first-order valence-corrected chi connectivity index (χ1v) is 8.01. The van der Waals surface area contributed by atoms with Gasteiger partial charge in [-0.05, 0) is 19.1 Å². The Balaban J connectivity index is 1.71. The van der Waals surface area contributed by atoms with Crippen molar-refractivity contribution < 1.29 is 4.79 Å². The molecule has 0 atom stereocenters. The summed E-state index contributed by atoms with van der Waals surface area (Å²) < 4.78 is 0. The molecular formula is C19H19N5O. The molecule has 126 valence electrons. The van der Waals surface area contributed by atoms with Gasteiger partial charge in [-0.25, -0.2) is 9.97 Å². The molecule has 0 aliphatic rings. The van der Waals surface area contributed by atoms with E-state index in [4.69, 9.17) is 5.73 Å². The molecule has 3 N–H and O–H groups in total. The van der Waals surface area contributed by atoms with Gasteiger partial charge < -0.3 is 11.1 Å². The van der Waals surface area contributed by atoms with Crippen LogP contribution in [0.25, 0.3) is 11.3 Å². The molecule has 0 saturated carbocycles. The highest BCUT2D eigenvalue weighted by Gasteiger charge is 2.14. The fraction of sp³-hybridized carbons (Fsp3) is 0.158. The molecule has 6 nitrogen and oxygen atoms in total. The third-order valence-corrected chi connectivity index (χ3v) is 3.76. The number of amides is 1. The predicted molar refractivity (Wildman–Crippen MR) is 96.9 cm³/mol. The maximum Gasteiger partial charge on any atom is 0.273 e. The summed E-state index contributed by atoms with van der Waals surface area (Å²) in [5, 5.41) is 2.81. The zero-order valence-electron chi connectivity index (χ0n) is 13.9. The van der Waals surface area contributed by atoms with E-state index in [0.717, 1.165) is 16.8 Å². The average molecular weight is 333 g/mol. The summed E-state index contributed by atoms with van der Waals surface area (Å²) in [6, 6.07) is 13.5. The van der Waals surface area contributed by atoms with Crippen molar-refractivity contribution in [2.24, 2.45) is 0 Å². The van der Waals surface area contributed by atoms with Crippen LogP contribution in [0.3, 0.4) is 0 Å². The second kappa shape index (κ2) is 7.53. The number of nitrogens with one attached hydrogen (secondary N) is 1. The van der Waals surface area contributed by atoms with Gasteiger partial charge in [-0.2, -0.15) is 0 Å². The SMILES string of the molecule is Cc1ccc(-c2cnc(N)c(C(=O)NCCc3ccccn3)n2)cc1. The molecule has 0 bridgehead atoms. The normalized spacial score (nSPS) is 10.4. The van der Waals surface area contributed by atoms with Gasteiger partial charge in [0.2, 0.25) is 0 Å². The van der Waals surface area contributed by atoms with E-state index in [0.29, 0.717) is 18.7 Å². The van der Waals surface area contributed by atoms with E-state index >= 15 is 0 Å². The molecule has 6 heteroatoms. The zero-order chi connectivity index (χ0) is 17.6. The number of carbonyl (C=O) groups is 1. The Kier molecular flexibility index (Phi) is 4.99. The lowest BCUT2D eigenvalue weighted by Crippen LogP contribution is -2.28. The summed E-state index contributed by atoms with van der Waals surface area (Å²) in [6.07, 6.45) is 3.94. The summed E-state index contributed by atoms with van der Waals surface area (Å²) in [5.41, 5.74) is 9.54. The molecule has 3 aromatic rings. The van der Waals surface area contributed by atoms with Gasteiger partial charge in [-0.1, -0.05) is 35.9 Å². The molecule has 1 amide bonds. The average Bonchev–Trinajstić information content (AvgIpc) is 2.64. The second-order valence-corrected chi connectivity index (χ2v) is 5.68. The van der Waals surface area contributed by atoms with Gasteiger partial charge in [0.15, 0.2) is 11.5 Å². The molecule has 0 radical (unpaired) electrons. The Morgan fingerprint density at radius 3 is 2.64 bits per heavy atom. The van der Waals surface area contributed by atoms with Crippen molar-refractivity contribution in [3.8, 4) is 11.3 Å². The van der Waals surface area contributed by atoms with Crippen LogP contribution in [0.1, 0.15) is 21.7 Å². The molecule has 25 heavy (non-hydrogen) atoms. The minimum Gasteiger partial charge on any atom is -0.382 e. The summed E-state index contributed by atoms with van der Waals surface area (Å²) in [5.74, 6) is -0.221. The molecule has 0 unspecified atom stereocenters. The van der Waals surface area contributed by atoms with E-state index in [1.54, 1.807) is 12.4 Å². The number of hydrogen-bond donors (Lipinski definition) is 2. The van der Waals surface area contributed by atoms with E-state index in [1.165, 1.54) is 0 Å². The van der Waals surface area contributed by atoms with Crippen molar-refractivity contribution in [2.45, 2.75) is 13.3 Å². The van der Waals surface area contributed by atoms with Crippen molar-refractivity contribution >= 4 is 11.7 Å². The Bertz CT molecular complexity index is 863. The van der Waals surface area contributed by atoms with Gasteiger partial charge in [0.1, 0.15) is 0 Å². The van der Waals surface area contributed by atoms with Crippen LogP contribution in [0, 0.1) is 6.92 Å². The first-order chi connectivity index (χ1) is 12.1. The molecule has 0 spiro atoms. The number of nitrogens with two attached hydrogens (primary N) is 1. The molecule has 0 aliphatic heterocycles. The molecule has 2 heterocycles. The highest BCUT2D eigenvalue weighted by molar-refractivity contribution is 5.96. The van der Waals surface area contributed by atoms with Crippen molar-refractivity contribution in [3.63, 3.8) is 0 Å². The lowest BCUT2D eigenvalue weighted by molar-refractivity contribution is 0.0950. The monoisotopic (exact) mass is 333 g/mol. The van der Waals surface area contributed by atoms with Crippen LogP contribution in [0.4, 0.5) is 5.82 Å². The third-order valence-electron chi connectivity index (χ3n) is 3.76. The number of rotatable bonds is 5. The Labute approximate surface area is 146 Å². The first kappa shape index (κ1) is 16.6. The highest BCUT2D eigenvalue weighted by Crippen LogP contribution is 2.19. The van der Waals surface area contributed by atoms with Gasteiger partial charge in [0.05, 0.1) is 11.9 Å². The lowest BCUT2D eigenvalue weighted by atomic mass is 10.1. The van der Waals surface area contributed by atoms with Crippen LogP contribution >= 0.6 is 0 Å². The van der Waals surface area contributed by atoms with Gasteiger partial charge in [0.25, 0.3) is 5.91 Å². The summed E-state index contributed by atoms with van der Waals surface area (Å²) in [6.45, 7) is 2.46. The van der Waals surface area contributed by atoms with Gasteiger partial charge in [0, 0.05) is 30.4 Å². The van der Waals surface area contributed by atoms with Gasteiger partial charge in [-0.3, -0.25) is 9.78 Å². The Hall–Kier alpha value is -3.28. The lowest BCUT2D eigenvalue weighted by Gasteiger charge is -2.08. The smallest absolute Gasteiger partial charge is 0.273 e. The number of nitrogens with zero attached hydrogens (tertiary/aromatic N) is 3. The fourth-order valence-corrected chi connectivity index (χ4v) is 2.36. The van der Waals surface area contributed by atoms with E-state index in [9.17, 15) is 4.79 Å². The second-order valence-electron chi connectivity index (χ2n) is 5.68. The molecule has 0 aliphatic carbocycles. The van der Waals surface area contributed by atoms with Gasteiger partial charge in [-0.15, -0.1) is 0 Å². The summed E-state index contributed by atoms with van der Waals surface area (Å²) in [4.78, 5) is 25.1. The number of benzene rings is 1. The number of aromatic nitrogens is 3. The molecule has 3 rings (SSSR count). The largest absolute Gasteiger partial charge is 0.382 e. The van der Waals surface area contributed by atoms with Crippen LogP contribution in [0.5, 0.6) is 0 Å². The fourth-order valence-electron chi connectivity index (χ4n) is 2.36. The van der Waals surface area contributed by atoms with Crippen molar-refractivity contribution in [1.82, 2.24) is 20.3 Å². The van der Waals surface area contributed by atoms with E-state index in [1.807, 2.05) is 49.4 Å². The van der Waals surface area contributed by atoms with Gasteiger partial charge >= 0.3 is 0 Å². The number of anilines is 1. The van der Waals surface area contributed by atoms with Crippen LogP contribution in [-0.4, -0.2) is 27.4 Å². The Morgan fingerprint density at radius 2 is 1.92 bits per heavy atom. The summed E-state index contributed by atoms with van der Waals surface area (Å²) in [7, 11) is 0. The van der Waals surface area contributed by atoms with Crippen LogP contribution < -0.4 is 11.1 Å². The van der Waals surface area contributed by atoms with Crippen molar-refractivity contribution in [1.29, 1.82) is 0 Å². The van der Waals surface area contributed by atoms with Crippen molar-refractivity contribution in [2.75, 3.05) is 12.3 Å². The molecular weight excluding hydrogens is 314 g/mol. The number of pyridine rings is 1. The first-order valence-electron chi connectivity index (χ1n) is 8.01. The van der Waals surface area contributed by atoms with Crippen LogP contribution in [-0.2, 0) is 6.42 Å². The zero-order valence-corrected chi connectivity index (χ0v) is 13.9. The number of nitrogen functional groups attached to an aromatic ring is 1. The molecule has 1 aromatic carbocycles. The maximum atomic E-state index is 12.4. The quantitative estimate of drug-likeness (QED) is 0.748. The van der Waals surface area contributed by atoms with E-state index in [-0.39, 0.29) is 17.4 Å². The molecule has 2 aromatic heterocycles. The van der Waals surface area contributed by atoms with Crippen LogP contribution in [0.15, 0.2) is 54.9 Å². The third kappa shape index (κ3) is 4.17. The standard InChI is InChI=1S/C19H19N5O/c1-13-5-7-14(8-6-13)16-12-23-18(20)17(24-16)19(25)22-11-9-15-4-2-3-10-21-15/h2-8,10,12H,9,11H2,1H3,(H2,20,23)(H,22,25). The van der Waals surface area contributed by atoms with E-state index < -0.39 is 0 Å². The molecule has 0 saturated heterocycles. The summed E-state index contributed by atoms with van der Waals surface area (Å²) >= 11 is 0. The number of carbonyl (C=O) groups excluding carboxylic acids is 1. The number of aryl methyl sites for hydroxylation is 1. The number of hydrogen-bond acceptors (Lipinski definition) is 5. The highest BCUT2D eigenvalue weighted by atomic mass is 16.1. The van der Waals surface area contributed by atoms with Crippen molar-refractivity contribution in [3.05, 3.63) is 71.8 Å². The Morgan fingerprint density at radius 1 is 1.12 bits per heavy atom. The van der Waals surface area contributed by atoms with Crippen LogP contribution in [0.2, 0.25) is 0 Å². The molecule has 0 fully saturated rings. The minimum atomic E-state index is -0.338. The predicted octanol–water partition coefficient (Wildman–Crippen LogP) is 2.40.